The molecular formula is C17H23FN2O2. The highest BCUT2D eigenvalue weighted by Gasteiger charge is 2.27. The van der Waals surface area contributed by atoms with E-state index in [2.05, 4.69) is 12.1 Å². The molecule has 120 valence electrons. The molecule has 1 aliphatic heterocycles. The normalized spacial score (nSPS) is 17.3. The number of nitrogens with zero attached hydrogens (tertiary/aromatic N) is 2. The van der Waals surface area contributed by atoms with E-state index in [0.29, 0.717) is 13.0 Å². The number of rotatable bonds is 6. The van der Waals surface area contributed by atoms with Crippen LogP contribution < -0.4 is 0 Å². The summed E-state index contributed by atoms with van der Waals surface area (Å²) >= 11 is 0. The number of amides is 1. The van der Waals surface area contributed by atoms with Gasteiger partial charge in [0.15, 0.2) is 6.10 Å². The maximum Gasteiger partial charge on any atom is 0.225 e. The fraction of sp³-hybridized carbons (Fsp3) is 0.529. The molecule has 22 heavy (non-hydrogen) atoms. The highest BCUT2D eigenvalue weighted by molar-refractivity contribution is 6.01. The van der Waals surface area contributed by atoms with Crippen LogP contribution in [0.25, 0.3) is 0 Å². The SMILES string of the molecule is CCCN(CC1CC(c2ccc(F)cc2)=NO1)C(=O)C(C)C. The van der Waals surface area contributed by atoms with Crippen molar-refractivity contribution in [1.82, 2.24) is 4.90 Å². The lowest BCUT2D eigenvalue weighted by atomic mass is 10.0. The van der Waals surface area contributed by atoms with Gasteiger partial charge in [-0.05, 0) is 24.1 Å². The van der Waals surface area contributed by atoms with Gasteiger partial charge in [-0.2, -0.15) is 0 Å². The Bertz CT molecular complexity index is 540. The molecule has 0 fully saturated rings. The first-order chi connectivity index (χ1) is 10.5. The van der Waals surface area contributed by atoms with Gasteiger partial charge < -0.3 is 9.74 Å². The Labute approximate surface area is 130 Å². The number of halogens is 1. The van der Waals surface area contributed by atoms with Crippen molar-refractivity contribution in [2.75, 3.05) is 13.1 Å². The molecule has 1 atom stereocenters. The summed E-state index contributed by atoms with van der Waals surface area (Å²) in [4.78, 5) is 19.5. The number of hydrogen-bond acceptors (Lipinski definition) is 3. The minimum atomic E-state index is -0.267. The molecule has 5 heteroatoms. The predicted octanol–water partition coefficient (Wildman–Crippen LogP) is 3.21. The van der Waals surface area contributed by atoms with E-state index in [9.17, 15) is 9.18 Å². The van der Waals surface area contributed by atoms with Gasteiger partial charge in [0, 0.05) is 18.9 Å². The molecule has 1 unspecified atom stereocenters. The number of hydrogen-bond donors (Lipinski definition) is 0. The quantitative estimate of drug-likeness (QED) is 0.810. The lowest BCUT2D eigenvalue weighted by Gasteiger charge is -2.26. The molecule has 0 aromatic heterocycles. The third kappa shape index (κ3) is 4.06. The summed E-state index contributed by atoms with van der Waals surface area (Å²) < 4.78 is 13.0. The van der Waals surface area contributed by atoms with Crippen LogP contribution in [0.1, 0.15) is 39.2 Å². The first kappa shape index (κ1) is 16.5. The zero-order valence-corrected chi connectivity index (χ0v) is 13.4. The standard InChI is InChI=1S/C17H23FN2O2/c1-4-9-20(17(21)12(2)3)11-15-10-16(19-22-15)13-5-7-14(18)8-6-13/h5-8,12,15H,4,9-11H2,1-3H3. The third-order valence-corrected chi connectivity index (χ3v) is 3.63. The molecule has 1 heterocycles. The van der Waals surface area contributed by atoms with Crippen LogP contribution in [0.4, 0.5) is 4.39 Å². The summed E-state index contributed by atoms with van der Waals surface area (Å²) in [5.41, 5.74) is 1.67. The Morgan fingerprint density at radius 2 is 2.09 bits per heavy atom. The zero-order chi connectivity index (χ0) is 16.1. The third-order valence-electron chi connectivity index (χ3n) is 3.63. The maximum atomic E-state index is 13.0. The summed E-state index contributed by atoms with van der Waals surface area (Å²) in [7, 11) is 0. The maximum absolute atomic E-state index is 13.0. The van der Waals surface area contributed by atoms with Crippen molar-refractivity contribution in [1.29, 1.82) is 0 Å². The van der Waals surface area contributed by atoms with Crippen molar-refractivity contribution in [2.45, 2.75) is 39.7 Å². The molecular weight excluding hydrogens is 283 g/mol. The van der Waals surface area contributed by atoms with Gasteiger partial charge in [0.05, 0.1) is 12.3 Å². The van der Waals surface area contributed by atoms with Crippen molar-refractivity contribution < 1.29 is 14.0 Å². The van der Waals surface area contributed by atoms with Gasteiger partial charge in [0.25, 0.3) is 0 Å². The second-order valence-electron chi connectivity index (χ2n) is 5.92. The van der Waals surface area contributed by atoms with Crippen LogP contribution in [0.2, 0.25) is 0 Å². The second kappa shape index (κ2) is 7.38. The lowest BCUT2D eigenvalue weighted by molar-refractivity contribution is -0.136. The van der Waals surface area contributed by atoms with Gasteiger partial charge in [-0.3, -0.25) is 4.79 Å². The molecule has 0 bridgehead atoms. The average Bonchev–Trinajstić information content (AvgIpc) is 2.95. The second-order valence-corrected chi connectivity index (χ2v) is 5.92. The molecule has 1 amide bonds. The monoisotopic (exact) mass is 306 g/mol. The van der Waals surface area contributed by atoms with E-state index >= 15 is 0 Å². The van der Waals surface area contributed by atoms with Crippen molar-refractivity contribution in [3.05, 3.63) is 35.6 Å². The molecule has 1 aromatic carbocycles. The smallest absolute Gasteiger partial charge is 0.225 e. The number of benzene rings is 1. The Morgan fingerprint density at radius 3 is 2.68 bits per heavy atom. The number of carbonyl (C=O) groups is 1. The van der Waals surface area contributed by atoms with E-state index < -0.39 is 0 Å². The molecule has 1 aromatic rings. The molecule has 0 saturated heterocycles. The first-order valence-corrected chi connectivity index (χ1v) is 7.78. The fourth-order valence-corrected chi connectivity index (χ4v) is 2.51. The summed E-state index contributed by atoms with van der Waals surface area (Å²) in [6.45, 7) is 7.13. The molecule has 0 saturated carbocycles. The van der Waals surface area contributed by atoms with Gasteiger partial charge >= 0.3 is 0 Å². The average molecular weight is 306 g/mol. The molecule has 0 radical (unpaired) electrons. The van der Waals surface area contributed by atoms with E-state index in [1.165, 1.54) is 12.1 Å². The van der Waals surface area contributed by atoms with Crippen LogP contribution in [0.15, 0.2) is 29.4 Å². The topological polar surface area (TPSA) is 41.9 Å². The highest BCUT2D eigenvalue weighted by atomic mass is 19.1. The van der Waals surface area contributed by atoms with Crippen molar-refractivity contribution in [3.8, 4) is 0 Å². The van der Waals surface area contributed by atoms with E-state index in [1.807, 2.05) is 18.7 Å². The van der Waals surface area contributed by atoms with Gasteiger partial charge in [-0.1, -0.05) is 38.1 Å². The van der Waals surface area contributed by atoms with Crippen molar-refractivity contribution >= 4 is 11.6 Å². The minimum Gasteiger partial charge on any atom is -0.390 e. The lowest BCUT2D eigenvalue weighted by Crippen LogP contribution is -2.40. The van der Waals surface area contributed by atoms with Crippen LogP contribution in [0, 0.1) is 11.7 Å². The summed E-state index contributed by atoms with van der Waals surface area (Å²) in [6.07, 6.45) is 1.42. The Morgan fingerprint density at radius 1 is 1.41 bits per heavy atom. The first-order valence-electron chi connectivity index (χ1n) is 7.78. The van der Waals surface area contributed by atoms with Crippen LogP contribution in [0.3, 0.4) is 0 Å². The Balaban J connectivity index is 1.96. The van der Waals surface area contributed by atoms with Gasteiger partial charge in [0.2, 0.25) is 5.91 Å². The van der Waals surface area contributed by atoms with Crippen molar-refractivity contribution in [3.63, 3.8) is 0 Å². The molecule has 0 spiro atoms. The zero-order valence-electron chi connectivity index (χ0n) is 13.4. The van der Waals surface area contributed by atoms with Gasteiger partial charge in [-0.15, -0.1) is 0 Å². The molecule has 0 N–H and O–H groups in total. The fourth-order valence-electron chi connectivity index (χ4n) is 2.51. The van der Waals surface area contributed by atoms with E-state index in [1.54, 1.807) is 12.1 Å². The summed E-state index contributed by atoms with van der Waals surface area (Å²) in [6, 6.07) is 6.22. The molecule has 4 nitrogen and oxygen atoms in total. The van der Waals surface area contributed by atoms with E-state index in [0.717, 1.165) is 24.2 Å². The van der Waals surface area contributed by atoms with Crippen molar-refractivity contribution in [2.24, 2.45) is 11.1 Å². The van der Waals surface area contributed by atoms with E-state index in [4.69, 9.17) is 4.84 Å². The molecule has 0 aliphatic carbocycles. The highest BCUT2D eigenvalue weighted by Crippen LogP contribution is 2.19. The molecule has 1 aliphatic rings. The molecule has 2 rings (SSSR count). The predicted molar refractivity (Wildman–Crippen MR) is 84.1 cm³/mol. The summed E-state index contributed by atoms with van der Waals surface area (Å²) in [5, 5.41) is 4.09. The summed E-state index contributed by atoms with van der Waals surface area (Å²) in [5.74, 6) is -0.150. The van der Waals surface area contributed by atoms with Crippen LogP contribution >= 0.6 is 0 Å². The van der Waals surface area contributed by atoms with Crippen LogP contribution in [-0.4, -0.2) is 35.7 Å². The van der Waals surface area contributed by atoms with E-state index in [-0.39, 0.29) is 23.7 Å². The largest absolute Gasteiger partial charge is 0.390 e. The van der Waals surface area contributed by atoms with Crippen LogP contribution in [-0.2, 0) is 9.63 Å². The Kier molecular flexibility index (Phi) is 5.52. The van der Waals surface area contributed by atoms with Crippen LogP contribution in [0.5, 0.6) is 0 Å². The minimum absolute atomic E-state index is 0.0227. The number of carbonyl (C=O) groups excluding carboxylic acids is 1. The Hall–Kier alpha value is -1.91. The van der Waals surface area contributed by atoms with Gasteiger partial charge in [-0.25, -0.2) is 4.39 Å². The van der Waals surface area contributed by atoms with Gasteiger partial charge in [0.1, 0.15) is 5.82 Å². The number of oxime groups is 1.